The number of fused-ring (bicyclic) bond motifs is 2. The first kappa shape index (κ1) is 28.0. The van der Waals surface area contributed by atoms with Crippen molar-refractivity contribution in [1.82, 2.24) is 14.1 Å². The zero-order valence-corrected chi connectivity index (χ0v) is 23.5. The van der Waals surface area contributed by atoms with Gasteiger partial charge < -0.3 is 24.5 Å². The van der Waals surface area contributed by atoms with Crippen LogP contribution in [0.25, 0.3) is 5.76 Å². The molecule has 3 aliphatic rings. The number of para-hydroxylation sites is 1. The van der Waals surface area contributed by atoms with E-state index in [2.05, 4.69) is 0 Å². The van der Waals surface area contributed by atoms with Crippen LogP contribution in [0.15, 0.2) is 59.0 Å². The predicted molar refractivity (Wildman–Crippen MR) is 147 cm³/mol. The summed E-state index contributed by atoms with van der Waals surface area (Å²) < 4.78 is 32.7. The Hall–Kier alpha value is -3.58. The summed E-state index contributed by atoms with van der Waals surface area (Å²) >= 11 is 0. The number of hydrogen-bond donors (Lipinski definition) is 1. The number of benzene rings is 2. The van der Waals surface area contributed by atoms with Crippen molar-refractivity contribution in [3.63, 3.8) is 0 Å². The van der Waals surface area contributed by atoms with E-state index in [0.29, 0.717) is 37.6 Å². The minimum Gasteiger partial charge on any atom is -0.507 e. The third-order valence-corrected chi connectivity index (χ3v) is 9.54. The molecule has 0 bridgehead atoms. The Bertz CT molecular complexity index is 1500. The van der Waals surface area contributed by atoms with Gasteiger partial charge >= 0.3 is 0 Å². The number of aliphatic hydroxyl groups excluding tert-OH is 1. The third-order valence-electron chi connectivity index (χ3n) is 7.63. The molecular formula is C28H32N4O7S. The molecule has 12 heteroatoms. The highest BCUT2D eigenvalue weighted by atomic mass is 32.2. The van der Waals surface area contributed by atoms with Crippen molar-refractivity contribution in [1.29, 1.82) is 0 Å². The molecule has 5 rings (SSSR count). The summed E-state index contributed by atoms with van der Waals surface area (Å²) in [5.41, 5.74) is -1.06. The number of anilines is 1. The molecule has 2 aromatic rings. The van der Waals surface area contributed by atoms with Crippen LogP contribution in [-0.2, 0) is 34.7 Å². The average molecular weight is 569 g/mol. The first-order valence-electron chi connectivity index (χ1n) is 13.1. The number of hydrogen-bond acceptors (Lipinski definition) is 8. The lowest BCUT2D eigenvalue weighted by Crippen LogP contribution is -2.53. The van der Waals surface area contributed by atoms with E-state index in [1.807, 2.05) is 19.0 Å². The molecule has 0 radical (unpaired) electrons. The molecule has 2 aromatic carbocycles. The highest BCUT2D eigenvalue weighted by Gasteiger charge is 2.66. The van der Waals surface area contributed by atoms with Gasteiger partial charge in [-0.2, -0.15) is 4.31 Å². The topological polar surface area (TPSA) is 128 Å². The Labute approximate surface area is 233 Å². The molecule has 3 heterocycles. The molecule has 40 heavy (non-hydrogen) atoms. The van der Waals surface area contributed by atoms with E-state index < -0.39 is 38.9 Å². The van der Waals surface area contributed by atoms with Crippen LogP contribution in [0.4, 0.5) is 5.69 Å². The highest BCUT2D eigenvalue weighted by molar-refractivity contribution is 7.89. The molecule has 1 unspecified atom stereocenters. The molecular weight excluding hydrogens is 536 g/mol. The van der Waals surface area contributed by atoms with Gasteiger partial charge in [-0.15, -0.1) is 0 Å². The average Bonchev–Trinajstić information content (AvgIpc) is 3.34. The number of carbonyl (C=O) groups is 3. The number of amides is 2. The number of rotatable bonds is 7. The molecule has 3 aliphatic heterocycles. The monoisotopic (exact) mass is 568 g/mol. The minimum absolute atomic E-state index is 0.0199. The quantitative estimate of drug-likeness (QED) is 0.300. The molecule has 0 aromatic heterocycles. The molecule has 1 N–H and O–H groups in total. The van der Waals surface area contributed by atoms with Crippen molar-refractivity contribution in [2.24, 2.45) is 0 Å². The second-order valence-electron chi connectivity index (χ2n) is 10.1. The van der Waals surface area contributed by atoms with Gasteiger partial charge in [-0.3, -0.25) is 14.4 Å². The number of nitrogens with zero attached hydrogens (tertiary/aromatic N) is 4. The fraction of sp³-hybridized carbons (Fsp3) is 0.393. The number of aliphatic hydroxyl groups is 1. The van der Waals surface area contributed by atoms with Gasteiger partial charge in [0.15, 0.2) is 5.54 Å². The second kappa shape index (κ2) is 10.4. The van der Waals surface area contributed by atoms with Gasteiger partial charge in [0, 0.05) is 43.9 Å². The fourth-order valence-corrected chi connectivity index (χ4v) is 7.05. The van der Waals surface area contributed by atoms with Crippen molar-refractivity contribution in [3.8, 4) is 0 Å². The lowest BCUT2D eigenvalue weighted by atomic mass is 9.82. The minimum atomic E-state index is -3.79. The molecule has 212 valence electrons. The summed E-state index contributed by atoms with van der Waals surface area (Å²) in [6, 6.07) is 12.4. The zero-order chi connectivity index (χ0) is 28.8. The Morgan fingerprint density at radius 2 is 1.68 bits per heavy atom. The van der Waals surface area contributed by atoms with Crippen molar-refractivity contribution in [2.45, 2.75) is 17.4 Å². The number of likely N-dealkylation sites (tertiary alicyclic amines) is 1. The van der Waals surface area contributed by atoms with Crippen LogP contribution in [0.3, 0.4) is 0 Å². The van der Waals surface area contributed by atoms with Crippen LogP contribution in [0, 0.1) is 0 Å². The summed E-state index contributed by atoms with van der Waals surface area (Å²) in [5, 5.41) is 11.6. The molecule has 2 fully saturated rings. The van der Waals surface area contributed by atoms with Crippen LogP contribution in [0.5, 0.6) is 0 Å². The number of Topliss-reactive ketones (excluding diaryl/α,β-unsaturated/α-hetero) is 1. The molecule has 1 atom stereocenters. The summed E-state index contributed by atoms with van der Waals surface area (Å²) in [6.45, 7) is 3.62. The van der Waals surface area contributed by atoms with Crippen LogP contribution in [0.2, 0.25) is 0 Å². The fourth-order valence-electron chi connectivity index (χ4n) is 5.65. The Morgan fingerprint density at radius 1 is 1.02 bits per heavy atom. The number of likely N-dealkylation sites (N-methyl/N-ethyl adjacent to an activating group) is 2. The molecule has 11 nitrogen and oxygen atoms in total. The van der Waals surface area contributed by atoms with E-state index in [4.69, 9.17) is 4.74 Å². The largest absolute Gasteiger partial charge is 0.507 e. The summed E-state index contributed by atoms with van der Waals surface area (Å²) in [6.07, 6.45) is 0. The van der Waals surface area contributed by atoms with Crippen LogP contribution < -0.4 is 4.90 Å². The highest BCUT2D eigenvalue weighted by Crippen LogP contribution is 2.53. The summed E-state index contributed by atoms with van der Waals surface area (Å²) in [7, 11) is -0.152. The Morgan fingerprint density at radius 3 is 2.30 bits per heavy atom. The second-order valence-corrected chi connectivity index (χ2v) is 12.1. The first-order chi connectivity index (χ1) is 19.1. The van der Waals surface area contributed by atoms with Crippen LogP contribution in [0.1, 0.15) is 18.1 Å². The predicted octanol–water partition coefficient (Wildman–Crippen LogP) is 1.21. The molecule has 0 saturated carbocycles. The number of ether oxygens (including phenoxy) is 1. The normalized spacial score (nSPS) is 23.1. The Balaban J connectivity index is 1.66. The van der Waals surface area contributed by atoms with E-state index in [1.165, 1.54) is 38.4 Å². The number of sulfonamides is 1. The van der Waals surface area contributed by atoms with E-state index in [-0.39, 0.29) is 35.7 Å². The van der Waals surface area contributed by atoms with Gasteiger partial charge in [0.2, 0.25) is 10.0 Å². The van der Waals surface area contributed by atoms with Gasteiger partial charge in [-0.25, -0.2) is 8.42 Å². The lowest BCUT2D eigenvalue weighted by Gasteiger charge is -2.35. The maximum absolute atomic E-state index is 14.2. The SMILES string of the molecule is CCN1C(=O)C2(/C(=C(/O)c3ccc(S(=O)(=O)N4CCOCC4)cc3)C(=O)C(=O)N2CCN(C)C)c2ccccc21. The van der Waals surface area contributed by atoms with Gasteiger partial charge in [0.1, 0.15) is 5.76 Å². The number of carbonyl (C=O) groups excluding carboxylic acids is 3. The standard InChI is InChI=1S/C28H32N4O7S/c1-4-31-22-8-6-5-7-21(22)28(27(31)36)23(25(34)26(35)32(28)14-13-29(2)3)24(33)19-9-11-20(12-10-19)40(37,38)30-15-17-39-18-16-30/h5-12,33H,4,13-18H2,1-3H3/b24-23+. The van der Waals surface area contributed by atoms with Crippen LogP contribution in [-0.4, -0.2) is 105 Å². The maximum Gasteiger partial charge on any atom is 0.296 e. The lowest BCUT2D eigenvalue weighted by molar-refractivity contribution is -0.143. The van der Waals surface area contributed by atoms with E-state index in [1.54, 1.807) is 31.2 Å². The van der Waals surface area contributed by atoms with Gasteiger partial charge in [0.25, 0.3) is 17.6 Å². The van der Waals surface area contributed by atoms with Gasteiger partial charge in [0.05, 0.1) is 29.4 Å². The van der Waals surface area contributed by atoms with Crippen molar-refractivity contribution in [2.75, 3.05) is 64.9 Å². The van der Waals surface area contributed by atoms with Gasteiger partial charge in [-0.05, 0) is 51.4 Å². The van der Waals surface area contributed by atoms with Crippen molar-refractivity contribution >= 4 is 39.1 Å². The molecule has 2 saturated heterocycles. The molecule has 1 spiro atoms. The first-order valence-corrected chi connectivity index (χ1v) is 14.5. The third kappa shape index (κ3) is 4.14. The maximum atomic E-state index is 14.2. The summed E-state index contributed by atoms with van der Waals surface area (Å²) in [5.74, 6) is -2.89. The van der Waals surface area contributed by atoms with Crippen molar-refractivity contribution < 1.29 is 32.6 Å². The summed E-state index contributed by atoms with van der Waals surface area (Å²) in [4.78, 5) is 45.9. The van der Waals surface area contributed by atoms with Gasteiger partial charge in [-0.1, -0.05) is 18.2 Å². The molecule has 2 amide bonds. The van der Waals surface area contributed by atoms with Crippen LogP contribution >= 0.6 is 0 Å². The van der Waals surface area contributed by atoms with E-state index in [0.717, 1.165) is 0 Å². The molecule has 0 aliphatic carbocycles. The smallest absolute Gasteiger partial charge is 0.296 e. The Kier molecular flexibility index (Phi) is 7.29. The number of morpholine rings is 1. The number of ketones is 1. The zero-order valence-electron chi connectivity index (χ0n) is 22.7. The van der Waals surface area contributed by atoms with E-state index in [9.17, 15) is 27.9 Å². The van der Waals surface area contributed by atoms with E-state index >= 15 is 0 Å². The van der Waals surface area contributed by atoms with Crippen molar-refractivity contribution in [3.05, 3.63) is 65.2 Å².